The summed E-state index contributed by atoms with van der Waals surface area (Å²) in [5.74, 6) is 0.690. The van der Waals surface area contributed by atoms with Crippen LogP contribution in [0.1, 0.15) is 10.4 Å². The highest BCUT2D eigenvalue weighted by Gasteiger charge is 2.12. The molecule has 130 valence electrons. The van der Waals surface area contributed by atoms with Gasteiger partial charge >= 0.3 is 0 Å². The van der Waals surface area contributed by atoms with Crippen LogP contribution in [0.4, 0.5) is 11.4 Å². The summed E-state index contributed by atoms with van der Waals surface area (Å²) in [5, 5.41) is 23.2. The van der Waals surface area contributed by atoms with Crippen molar-refractivity contribution < 1.29 is 14.3 Å². The molecular formula is C19H16N4O3. The van der Waals surface area contributed by atoms with Gasteiger partial charge in [-0.05, 0) is 24.3 Å². The van der Waals surface area contributed by atoms with Gasteiger partial charge in [-0.1, -0.05) is 12.1 Å². The zero-order valence-corrected chi connectivity index (χ0v) is 14.2. The quantitative estimate of drug-likeness (QED) is 0.776. The van der Waals surface area contributed by atoms with Crippen molar-refractivity contribution in [2.75, 3.05) is 24.9 Å². The Hall–Kier alpha value is -3.97. The molecular weight excluding hydrogens is 332 g/mol. The Morgan fingerprint density at radius 2 is 1.73 bits per heavy atom. The molecule has 0 aliphatic heterocycles. The van der Waals surface area contributed by atoms with Gasteiger partial charge in [0.1, 0.15) is 17.7 Å². The van der Waals surface area contributed by atoms with E-state index in [4.69, 9.17) is 20.0 Å². The molecule has 2 aromatic rings. The number of carbonyl (C=O) groups excluding carboxylic acids is 1. The smallest absolute Gasteiger partial charge is 0.257 e. The van der Waals surface area contributed by atoms with Crippen molar-refractivity contribution in [3.63, 3.8) is 0 Å². The zero-order valence-electron chi connectivity index (χ0n) is 14.2. The molecule has 0 bridgehead atoms. The summed E-state index contributed by atoms with van der Waals surface area (Å²) in [7, 11) is 3.04. The van der Waals surface area contributed by atoms with Crippen molar-refractivity contribution in [3.05, 3.63) is 59.8 Å². The van der Waals surface area contributed by atoms with E-state index in [0.717, 1.165) is 0 Å². The third-order valence-corrected chi connectivity index (χ3v) is 3.43. The summed E-state index contributed by atoms with van der Waals surface area (Å²) in [5.41, 5.74) is 1.26. The number of amides is 1. The van der Waals surface area contributed by atoms with Crippen LogP contribution in [0, 0.1) is 22.7 Å². The number of nitrogens with zero attached hydrogens (tertiary/aromatic N) is 2. The lowest BCUT2D eigenvalue weighted by molar-refractivity contribution is 0.102. The lowest BCUT2D eigenvalue weighted by atomic mass is 10.1. The van der Waals surface area contributed by atoms with Crippen molar-refractivity contribution in [2.24, 2.45) is 0 Å². The minimum atomic E-state index is -0.357. The minimum absolute atomic E-state index is 0.0971. The number of methoxy groups -OCH3 is 2. The van der Waals surface area contributed by atoms with E-state index in [-0.39, 0.29) is 11.5 Å². The summed E-state index contributed by atoms with van der Waals surface area (Å²) < 4.78 is 10.4. The Kier molecular flexibility index (Phi) is 6.19. The third-order valence-electron chi connectivity index (χ3n) is 3.43. The molecule has 0 saturated carbocycles. The van der Waals surface area contributed by atoms with Crippen LogP contribution in [0.25, 0.3) is 0 Å². The number of nitriles is 2. The van der Waals surface area contributed by atoms with Gasteiger partial charge in [0, 0.05) is 18.0 Å². The van der Waals surface area contributed by atoms with Crippen molar-refractivity contribution in [3.8, 4) is 23.6 Å². The van der Waals surface area contributed by atoms with Crippen LogP contribution in [0.2, 0.25) is 0 Å². The van der Waals surface area contributed by atoms with Crippen LogP contribution in [0.5, 0.6) is 11.5 Å². The maximum Gasteiger partial charge on any atom is 0.257 e. The molecule has 0 heterocycles. The maximum atomic E-state index is 12.6. The molecule has 0 spiro atoms. The van der Waals surface area contributed by atoms with Gasteiger partial charge in [0.15, 0.2) is 11.5 Å². The molecule has 0 radical (unpaired) electrons. The first-order valence-electron chi connectivity index (χ1n) is 7.52. The first-order valence-corrected chi connectivity index (χ1v) is 7.52. The molecule has 2 N–H and O–H groups in total. The average Bonchev–Trinajstić information content (AvgIpc) is 2.68. The van der Waals surface area contributed by atoms with Gasteiger partial charge in [-0.15, -0.1) is 0 Å². The number of allylic oxidation sites excluding steroid dienone is 1. The van der Waals surface area contributed by atoms with E-state index in [0.29, 0.717) is 28.4 Å². The minimum Gasteiger partial charge on any atom is -0.493 e. The Labute approximate surface area is 151 Å². The van der Waals surface area contributed by atoms with Crippen LogP contribution in [-0.4, -0.2) is 20.1 Å². The number of para-hydroxylation sites is 1. The summed E-state index contributed by atoms with van der Waals surface area (Å²) in [6.45, 7) is 0. The van der Waals surface area contributed by atoms with Crippen molar-refractivity contribution in [1.82, 2.24) is 0 Å². The number of carbonyl (C=O) groups is 1. The highest BCUT2D eigenvalue weighted by Crippen LogP contribution is 2.30. The second-order valence-corrected chi connectivity index (χ2v) is 5.00. The second kappa shape index (κ2) is 8.76. The third kappa shape index (κ3) is 4.31. The van der Waals surface area contributed by atoms with Gasteiger partial charge in [0.2, 0.25) is 0 Å². The van der Waals surface area contributed by atoms with E-state index in [1.165, 1.54) is 20.4 Å². The van der Waals surface area contributed by atoms with E-state index < -0.39 is 0 Å². The number of hydrogen-bond acceptors (Lipinski definition) is 6. The Balaban J connectivity index is 2.24. The molecule has 0 aliphatic rings. The standard InChI is InChI=1S/C19H16N4O3/c1-25-17-8-7-14(9-18(17)26-2)23-19(24)15-5-3-4-6-16(15)22-12-13(10-20)11-21/h3-9,12,22H,1-2H3,(H,23,24). The predicted octanol–water partition coefficient (Wildman–Crippen LogP) is 3.30. The molecule has 0 unspecified atom stereocenters. The number of ether oxygens (including phenoxy) is 2. The molecule has 2 rings (SSSR count). The summed E-state index contributed by atoms with van der Waals surface area (Å²) >= 11 is 0. The zero-order chi connectivity index (χ0) is 18.9. The van der Waals surface area contributed by atoms with E-state index in [1.54, 1.807) is 54.6 Å². The SMILES string of the molecule is COc1ccc(NC(=O)c2ccccc2NC=C(C#N)C#N)cc1OC. The predicted molar refractivity (Wildman–Crippen MR) is 96.9 cm³/mol. The van der Waals surface area contributed by atoms with Gasteiger partial charge in [-0.25, -0.2) is 0 Å². The van der Waals surface area contributed by atoms with E-state index >= 15 is 0 Å². The van der Waals surface area contributed by atoms with Crippen LogP contribution >= 0.6 is 0 Å². The molecule has 0 fully saturated rings. The topological polar surface area (TPSA) is 107 Å². The molecule has 0 atom stereocenters. The lowest BCUT2D eigenvalue weighted by Crippen LogP contribution is -2.14. The van der Waals surface area contributed by atoms with E-state index in [1.807, 2.05) is 0 Å². The van der Waals surface area contributed by atoms with Gasteiger partial charge in [0.25, 0.3) is 5.91 Å². The van der Waals surface area contributed by atoms with Crippen LogP contribution in [-0.2, 0) is 0 Å². The fraction of sp³-hybridized carbons (Fsp3) is 0.105. The van der Waals surface area contributed by atoms with Gasteiger partial charge in [-0.3, -0.25) is 4.79 Å². The van der Waals surface area contributed by atoms with Crippen LogP contribution in [0.15, 0.2) is 54.2 Å². The largest absolute Gasteiger partial charge is 0.493 e. The van der Waals surface area contributed by atoms with E-state index in [9.17, 15) is 4.79 Å². The molecule has 1 amide bonds. The fourth-order valence-electron chi connectivity index (χ4n) is 2.16. The highest BCUT2D eigenvalue weighted by molar-refractivity contribution is 6.08. The van der Waals surface area contributed by atoms with Gasteiger partial charge in [-0.2, -0.15) is 10.5 Å². The Morgan fingerprint density at radius 3 is 2.38 bits per heavy atom. The summed E-state index contributed by atoms with van der Waals surface area (Å²) in [4.78, 5) is 12.6. The molecule has 26 heavy (non-hydrogen) atoms. The number of nitrogens with one attached hydrogen (secondary N) is 2. The molecule has 0 saturated heterocycles. The van der Waals surface area contributed by atoms with Crippen molar-refractivity contribution in [2.45, 2.75) is 0 Å². The molecule has 7 nitrogen and oxygen atoms in total. The van der Waals surface area contributed by atoms with Crippen LogP contribution < -0.4 is 20.1 Å². The van der Waals surface area contributed by atoms with Gasteiger partial charge < -0.3 is 20.1 Å². The normalized spacial score (nSPS) is 9.23. The molecule has 0 aliphatic carbocycles. The lowest BCUT2D eigenvalue weighted by Gasteiger charge is -2.12. The highest BCUT2D eigenvalue weighted by atomic mass is 16.5. The number of anilines is 2. The first kappa shape index (κ1) is 18.4. The first-order chi connectivity index (χ1) is 12.6. The molecule has 2 aromatic carbocycles. The molecule has 0 aromatic heterocycles. The Morgan fingerprint density at radius 1 is 1.04 bits per heavy atom. The van der Waals surface area contributed by atoms with Gasteiger partial charge in [0.05, 0.1) is 25.5 Å². The summed E-state index contributed by atoms with van der Waals surface area (Å²) in [6, 6.07) is 15.3. The number of rotatable bonds is 6. The van der Waals surface area contributed by atoms with Crippen LogP contribution in [0.3, 0.4) is 0 Å². The monoisotopic (exact) mass is 348 g/mol. The summed E-state index contributed by atoms with van der Waals surface area (Å²) in [6.07, 6.45) is 1.25. The maximum absolute atomic E-state index is 12.6. The fourth-order valence-corrected chi connectivity index (χ4v) is 2.16. The average molecular weight is 348 g/mol. The Bertz CT molecular complexity index is 907. The number of hydrogen-bond donors (Lipinski definition) is 2. The van der Waals surface area contributed by atoms with Crippen molar-refractivity contribution >= 4 is 17.3 Å². The van der Waals surface area contributed by atoms with Crippen molar-refractivity contribution in [1.29, 1.82) is 10.5 Å². The van der Waals surface area contributed by atoms with E-state index in [2.05, 4.69) is 10.6 Å². The number of benzene rings is 2. The second-order valence-electron chi connectivity index (χ2n) is 5.00. The molecule has 7 heteroatoms.